The van der Waals surface area contributed by atoms with Crippen LogP contribution in [0.15, 0.2) is 42.5 Å². The molecule has 0 aromatic heterocycles. The van der Waals surface area contributed by atoms with Crippen LogP contribution in [0.2, 0.25) is 0 Å². The molecule has 6 nitrogen and oxygen atoms in total. The minimum absolute atomic E-state index is 0.125. The molecular formula is C23H27N3O3. The van der Waals surface area contributed by atoms with E-state index in [0.29, 0.717) is 19.6 Å². The van der Waals surface area contributed by atoms with Gasteiger partial charge in [0, 0.05) is 44.9 Å². The number of hydrogen-bond acceptors (Lipinski definition) is 4. The highest BCUT2D eigenvalue weighted by Gasteiger charge is 2.53. The van der Waals surface area contributed by atoms with Crippen LogP contribution < -0.4 is 0 Å². The first kappa shape index (κ1) is 19.6. The Bertz CT molecular complexity index is 924. The second-order valence-corrected chi connectivity index (χ2v) is 8.45. The number of benzene rings is 2. The van der Waals surface area contributed by atoms with E-state index in [1.165, 1.54) is 22.8 Å². The van der Waals surface area contributed by atoms with E-state index >= 15 is 0 Å². The fraction of sp³-hybridized carbons (Fsp3) is 0.435. The molecular weight excluding hydrogens is 366 g/mol. The average Bonchev–Trinajstić information content (AvgIpc) is 3.49. The zero-order chi connectivity index (χ0) is 20.6. The summed E-state index contributed by atoms with van der Waals surface area (Å²) in [4.78, 5) is 28.2. The van der Waals surface area contributed by atoms with Crippen molar-refractivity contribution in [3.05, 3.63) is 74.8 Å². The fourth-order valence-corrected chi connectivity index (χ4v) is 4.44. The van der Waals surface area contributed by atoms with E-state index in [1.807, 2.05) is 11.0 Å². The third-order valence-corrected chi connectivity index (χ3v) is 6.12. The molecule has 0 bridgehead atoms. The van der Waals surface area contributed by atoms with Gasteiger partial charge in [-0.2, -0.15) is 0 Å². The molecule has 0 atom stereocenters. The van der Waals surface area contributed by atoms with Crippen molar-refractivity contribution in [2.75, 3.05) is 26.2 Å². The maximum Gasteiger partial charge on any atom is 0.269 e. The lowest BCUT2D eigenvalue weighted by atomic mass is 9.91. The van der Waals surface area contributed by atoms with E-state index in [4.69, 9.17) is 0 Å². The van der Waals surface area contributed by atoms with Gasteiger partial charge in [-0.1, -0.05) is 41.5 Å². The quantitative estimate of drug-likeness (QED) is 0.575. The Labute approximate surface area is 171 Å². The van der Waals surface area contributed by atoms with Crippen LogP contribution in [-0.4, -0.2) is 46.8 Å². The number of nitrogens with zero attached hydrogens (tertiary/aromatic N) is 3. The summed E-state index contributed by atoms with van der Waals surface area (Å²) >= 11 is 0. The lowest BCUT2D eigenvalue weighted by Gasteiger charge is -2.36. The molecule has 2 aromatic rings. The number of aryl methyl sites for hydroxylation is 2. The monoisotopic (exact) mass is 393 g/mol. The number of nitro groups is 1. The Hall–Kier alpha value is -2.73. The molecule has 1 saturated heterocycles. The van der Waals surface area contributed by atoms with Gasteiger partial charge in [-0.3, -0.25) is 19.8 Å². The van der Waals surface area contributed by atoms with E-state index in [9.17, 15) is 14.9 Å². The summed E-state index contributed by atoms with van der Waals surface area (Å²) in [7, 11) is 0. The standard InChI is InChI=1S/C23H27N3O3/c1-17-12-18(2)14-20(13-17)23(6-7-23)22(27)25-10-8-24(9-11-25)16-19-4-3-5-21(15-19)26(28)29/h3-5,12-15H,6-11,16H2,1-2H3. The van der Waals surface area contributed by atoms with Gasteiger partial charge >= 0.3 is 0 Å². The summed E-state index contributed by atoms with van der Waals surface area (Å²) in [6.07, 6.45) is 1.87. The third-order valence-electron chi connectivity index (χ3n) is 6.12. The second-order valence-electron chi connectivity index (χ2n) is 8.45. The first-order valence-corrected chi connectivity index (χ1v) is 10.2. The zero-order valence-corrected chi connectivity index (χ0v) is 17.1. The van der Waals surface area contributed by atoms with Gasteiger partial charge in [0.05, 0.1) is 10.3 Å². The van der Waals surface area contributed by atoms with Gasteiger partial charge in [-0.15, -0.1) is 0 Å². The van der Waals surface area contributed by atoms with E-state index in [-0.39, 0.29) is 21.9 Å². The number of rotatable bonds is 5. The van der Waals surface area contributed by atoms with Crippen LogP contribution in [0.1, 0.15) is 35.1 Å². The van der Waals surface area contributed by atoms with Gasteiger partial charge in [0.15, 0.2) is 0 Å². The highest BCUT2D eigenvalue weighted by atomic mass is 16.6. The number of piperazine rings is 1. The van der Waals surface area contributed by atoms with Gasteiger partial charge in [0.2, 0.25) is 5.91 Å². The molecule has 6 heteroatoms. The molecule has 2 aromatic carbocycles. The molecule has 0 radical (unpaired) electrons. The minimum Gasteiger partial charge on any atom is -0.339 e. The predicted octanol–water partition coefficient (Wildman–Crippen LogP) is 3.59. The number of carbonyl (C=O) groups excluding carboxylic acids is 1. The SMILES string of the molecule is Cc1cc(C)cc(C2(C(=O)N3CCN(Cc4cccc([N+](=O)[O-])c4)CC3)CC2)c1. The molecule has 1 saturated carbocycles. The van der Waals surface area contributed by atoms with E-state index in [1.54, 1.807) is 12.1 Å². The molecule has 1 aliphatic carbocycles. The zero-order valence-electron chi connectivity index (χ0n) is 17.1. The maximum absolute atomic E-state index is 13.3. The molecule has 4 rings (SSSR count). The van der Waals surface area contributed by atoms with Crippen molar-refractivity contribution < 1.29 is 9.72 Å². The molecule has 152 valence electrons. The molecule has 1 amide bonds. The van der Waals surface area contributed by atoms with Gasteiger partial charge in [0.25, 0.3) is 5.69 Å². The predicted molar refractivity (Wildman–Crippen MR) is 112 cm³/mol. The molecule has 0 spiro atoms. The van der Waals surface area contributed by atoms with Crippen LogP contribution in [0, 0.1) is 24.0 Å². The molecule has 29 heavy (non-hydrogen) atoms. The van der Waals surface area contributed by atoms with Crippen molar-refractivity contribution >= 4 is 11.6 Å². The van der Waals surface area contributed by atoms with Crippen molar-refractivity contribution in [1.82, 2.24) is 9.80 Å². The second kappa shape index (κ2) is 7.59. The minimum atomic E-state index is -0.359. The van der Waals surface area contributed by atoms with Crippen LogP contribution in [0.25, 0.3) is 0 Å². The summed E-state index contributed by atoms with van der Waals surface area (Å²) in [6, 6.07) is 13.3. The lowest BCUT2D eigenvalue weighted by molar-refractivity contribution is -0.384. The van der Waals surface area contributed by atoms with Crippen molar-refractivity contribution in [2.24, 2.45) is 0 Å². The van der Waals surface area contributed by atoms with Gasteiger partial charge < -0.3 is 4.90 Å². The Kier molecular flexibility index (Phi) is 5.13. The number of non-ortho nitro benzene ring substituents is 1. The number of nitro benzene ring substituents is 1. The van der Waals surface area contributed by atoms with Crippen LogP contribution in [0.4, 0.5) is 5.69 Å². The molecule has 2 aliphatic rings. The van der Waals surface area contributed by atoms with Crippen molar-refractivity contribution in [1.29, 1.82) is 0 Å². The molecule has 0 N–H and O–H groups in total. The van der Waals surface area contributed by atoms with E-state index in [0.717, 1.165) is 31.5 Å². The van der Waals surface area contributed by atoms with Crippen LogP contribution in [0.5, 0.6) is 0 Å². The Morgan fingerprint density at radius 1 is 1.03 bits per heavy atom. The highest BCUT2D eigenvalue weighted by Crippen LogP contribution is 2.50. The Balaban J connectivity index is 1.39. The van der Waals surface area contributed by atoms with E-state index in [2.05, 4.69) is 36.9 Å². The number of amides is 1. The summed E-state index contributed by atoms with van der Waals surface area (Å²) in [5.41, 5.74) is 4.33. The van der Waals surface area contributed by atoms with E-state index < -0.39 is 0 Å². The Morgan fingerprint density at radius 3 is 2.28 bits per heavy atom. The third kappa shape index (κ3) is 4.03. The summed E-state index contributed by atoms with van der Waals surface area (Å²) in [6.45, 7) is 7.84. The van der Waals surface area contributed by atoms with Crippen LogP contribution in [0.3, 0.4) is 0 Å². The van der Waals surface area contributed by atoms with Crippen molar-refractivity contribution in [3.63, 3.8) is 0 Å². The Morgan fingerprint density at radius 2 is 1.69 bits per heavy atom. The normalized spacial score (nSPS) is 18.5. The number of carbonyl (C=O) groups is 1. The summed E-state index contributed by atoms with van der Waals surface area (Å²) < 4.78 is 0. The highest BCUT2D eigenvalue weighted by molar-refractivity contribution is 5.91. The fourth-order valence-electron chi connectivity index (χ4n) is 4.44. The number of hydrogen-bond donors (Lipinski definition) is 0. The van der Waals surface area contributed by atoms with Gasteiger partial charge in [-0.25, -0.2) is 0 Å². The topological polar surface area (TPSA) is 66.7 Å². The first-order chi connectivity index (χ1) is 13.9. The van der Waals surface area contributed by atoms with Gasteiger partial charge in [-0.05, 0) is 37.8 Å². The van der Waals surface area contributed by atoms with Crippen LogP contribution in [-0.2, 0) is 16.8 Å². The molecule has 1 aliphatic heterocycles. The molecule has 1 heterocycles. The lowest BCUT2D eigenvalue weighted by Crippen LogP contribution is -2.51. The van der Waals surface area contributed by atoms with Crippen LogP contribution >= 0.6 is 0 Å². The molecule has 2 fully saturated rings. The van der Waals surface area contributed by atoms with Gasteiger partial charge in [0.1, 0.15) is 0 Å². The van der Waals surface area contributed by atoms with Crippen molar-refractivity contribution in [2.45, 2.75) is 38.6 Å². The van der Waals surface area contributed by atoms with Crippen molar-refractivity contribution in [3.8, 4) is 0 Å². The maximum atomic E-state index is 13.3. The first-order valence-electron chi connectivity index (χ1n) is 10.2. The largest absolute Gasteiger partial charge is 0.339 e. The molecule has 0 unspecified atom stereocenters. The smallest absolute Gasteiger partial charge is 0.269 e. The average molecular weight is 393 g/mol. The summed E-state index contributed by atoms with van der Waals surface area (Å²) in [5, 5.41) is 11.0. The summed E-state index contributed by atoms with van der Waals surface area (Å²) in [5.74, 6) is 0.262.